The summed E-state index contributed by atoms with van der Waals surface area (Å²) in [6, 6.07) is 14.6. The molecule has 2 heterocycles. The first-order valence-corrected chi connectivity index (χ1v) is 8.71. The van der Waals surface area contributed by atoms with Crippen LogP contribution < -0.4 is 0 Å². The molecule has 0 spiro atoms. The molecule has 0 aliphatic carbocycles. The zero-order chi connectivity index (χ0) is 18.1. The molecule has 2 aromatic carbocycles. The fourth-order valence-corrected chi connectivity index (χ4v) is 3.45. The van der Waals surface area contributed by atoms with Crippen molar-refractivity contribution in [3.8, 4) is 17.1 Å². The van der Waals surface area contributed by atoms with Crippen LogP contribution in [0.4, 0.5) is 0 Å². The van der Waals surface area contributed by atoms with Gasteiger partial charge in [0.05, 0.1) is 6.04 Å². The second kappa shape index (κ2) is 6.63. The van der Waals surface area contributed by atoms with Crippen molar-refractivity contribution < 1.29 is 9.90 Å². The number of rotatable bonds is 3. The number of carbonyl (C=O) groups excluding carboxylic acids is 1. The maximum atomic E-state index is 13.0. The zero-order valence-electron chi connectivity index (χ0n) is 14.5. The molecule has 6 heteroatoms. The van der Waals surface area contributed by atoms with Crippen LogP contribution in [-0.2, 0) is 0 Å². The molecule has 1 fully saturated rings. The molecule has 26 heavy (non-hydrogen) atoms. The Kier molecular flexibility index (Phi) is 4.16. The molecule has 1 amide bonds. The van der Waals surface area contributed by atoms with E-state index in [1.165, 1.54) is 0 Å². The Morgan fingerprint density at radius 2 is 1.88 bits per heavy atom. The van der Waals surface area contributed by atoms with E-state index >= 15 is 0 Å². The maximum absolute atomic E-state index is 13.0. The van der Waals surface area contributed by atoms with Gasteiger partial charge in [-0.1, -0.05) is 24.3 Å². The van der Waals surface area contributed by atoms with Gasteiger partial charge in [0, 0.05) is 17.7 Å². The SMILES string of the molecule is Cc1nc(-c2ccc(C(=O)N3CCC[C@@H]3c3ccc(O)cc3)cc2)n[nH]1. The molecular formula is C20H20N4O2. The summed E-state index contributed by atoms with van der Waals surface area (Å²) in [5.74, 6) is 1.65. The number of H-pyrrole nitrogens is 1. The highest BCUT2D eigenvalue weighted by Gasteiger charge is 2.30. The minimum Gasteiger partial charge on any atom is -0.508 e. The van der Waals surface area contributed by atoms with Gasteiger partial charge < -0.3 is 10.0 Å². The number of phenols is 1. The summed E-state index contributed by atoms with van der Waals surface area (Å²) < 4.78 is 0. The number of carbonyl (C=O) groups is 1. The molecule has 0 unspecified atom stereocenters. The number of aromatic hydroxyl groups is 1. The molecule has 1 saturated heterocycles. The van der Waals surface area contributed by atoms with Crippen LogP contribution in [0.25, 0.3) is 11.4 Å². The molecule has 1 aliphatic rings. The maximum Gasteiger partial charge on any atom is 0.254 e. The summed E-state index contributed by atoms with van der Waals surface area (Å²) in [5.41, 5.74) is 2.59. The third-order valence-corrected chi connectivity index (χ3v) is 4.78. The third-order valence-electron chi connectivity index (χ3n) is 4.78. The van der Waals surface area contributed by atoms with E-state index < -0.39 is 0 Å². The van der Waals surface area contributed by atoms with Gasteiger partial charge >= 0.3 is 0 Å². The van der Waals surface area contributed by atoms with Crippen molar-refractivity contribution in [3.05, 3.63) is 65.5 Å². The highest BCUT2D eigenvalue weighted by molar-refractivity contribution is 5.95. The van der Waals surface area contributed by atoms with Crippen LogP contribution in [0.1, 0.15) is 40.6 Å². The average Bonchev–Trinajstić information content (AvgIpc) is 3.31. The van der Waals surface area contributed by atoms with Crippen molar-refractivity contribution in [3.63, 3.8) is 0 Å². The summed E-state index contributed by atoms with van der Waals surface area (Å²) in [7, 11) is 0. The van der Waals surface area contributed by atoms with Gasteiger partial charge in [0.1, 0.15) is 11.6 Å². The number of hydrogen-bond acceptors (Lipinski definition) is 4. The minimum atomic E-state index is 0.0262. The molecule has 0 bridgehead atoms. The van der Waals surface area contributed by atoms with Gasteiger partial charge in [0.15, 0.2) is 5.82 Å². The van der Waals surface area contributed by atoms with Crippen LogP contribution in [0.3, 0.4) is 0 Å². The number of hydrogen-bond donors (Lipinski definition) is 2. The molecule has 6 nitrogen and oxygen atoms in total. The van der Waals surface area contributed by atoms with Gasteiger partial charge in [-0.3, -0.25) is 9.89 Å². The zero-order valence-corrected chi connectivity index (χ0v) is 14.5. The number of amides is 1. The van der Waals surface area contributed by atoms with E-state index in [2.05, 4.69) is 15.2 Å². The highest BCUT2D eigenvalue weighted by atomic mass is 16.3. The van der Waals surface area contributed by atoms with E-state index in [1.54, 1.807) is 12.1 Å². The van der Waals surface area contributed by atoms with E-state index in [1.807, 2.05) is 48.2 Å². The number of aromatic amines is 1. The molecule has 1 aromatic heterocycles. The molecule has 4 rings (SSSR count). The number of benzene rings is 2. The molecule has 1 atom stereocenters. The van der Waals surface area contributed by atoms with Gasteiger partial charge in [-0.15, -0.1) is 0 Å². The predicted octanol–water partition coefficient (Wildman–Crippen LogP) is 3.46. The van der Waals surface area contributed by atoms with Crippen molar-refractivity contribution in [2.75, 3.05) is 6.54 Å². The summed E-state index contributed by atoms with van der Waals surface area (Å²) in [6.07, 6.45) is 1.91. The van der Waals surface area contributed by atoms with Crippen molar-refractivity contribution >= 4 is 5.91 Å². The third kappa shape index (κ3) is 3.06. The Balaban J connectivity index is 1.55. The first-order chi connectivity index (χ1) is 12.6. The van der Waals surface area contributed by atoms with Gasteiger partial charge in [-0.25, -0.2) is 4.98 Å². The van der Waals surface area contributed by atoms with E-state index in [4.69, 9.17) is 0 Å². The van der Waals surface area contributed by atoms with Crippen LogP contribution in [0.2, 0.25) is 0 Å². The van der Waals surface area contributed by atoms with Crippen molar-refractivity contribution in [2.24, 2.45) is 0 Å². The van der Waals surface area contributed by atoms with E-state index in [9.17, 15) is 9.90 Å². The Morgan fingerprint density at radius 1 is 1.15 bits per heavy atom. The Morgan fingerprint density at radius 3 is 2.54 bits per heavy atom. The van der Waals surface area contributed by atoms with E-state index in [0.717, 1.165) is 36.3 Å². The number of likely N-dealkylation sites (tertiary alicyclic amines) is 1. The fraction of sp³-hybridized carbons (Fsp3) is 0.250. The average molecular weight is 348 g/mol. The summed E-state index contributed by atoms with van der Waals surface area (Å²) >= 11 is 0. The number of phenolic OH excluding ortho intramolecular Hbond substituents is 1. The Bertz CT molecular complexity index is 916. The molecule has 1 aliphatic heterocycles. The lowest BCUT2D eigenvalue weighted by Crippen LogP contribution is -2.30. The van der Waals surface area contributed by atoms with Gasteiger partial charge in [-0.05, 0) is 49.6 Å². The standard InChI is InChI=1S/C20H20N4O2/c1-13-21-19(23-22-13)15-4-6-16(7-5-15)20(26)24-12-2-3-18(24)14-8-10-17(25)11-9-14/h4-11,18,25H,2-3,12H2,1H3,(H,21,22,23)/t18-/m1/s1. The molecular weight excluding hydrogens is 328 g/mol. The minimum absolute atomic E-state index is 0.0262. The largest absolute Gasteiger partial charge is 0.508 e. The lowest BCUT2D eigenvalue weighted by Gasteiger charge is -2.25. The molecule has 2 N–H and O–H groups in total. The monoisotopic (exact) mass is 348 g/mol. The first-order valence-electron chi connectivity index (χ1n) is 8.71. The molecule has 0 radical (unpaired) electrons. The number of aromatic nitrogens is 3. The van der Waals surface area contributed by atoms with Gasteiger partial charge in [0.2, 0.25) is 0 Å². The number of aryl methyl sites for hydroxylation is 1. The Labute approximate surface area is 151 Å². The van der Waals surface area contributed by atoms with Gasteiger partial charge in [-0.2, -0.15) is 5.10 Å². The van der Waals surface area contributed by atoms with E-state index in [0.29, 0.717) is 11.4 Å². The Hall–Kier alpha value is -3.15. The normalized spacial score (nSPS) is 16.8. The topological polar surface area (TPSA) is 82.1 Å². The highest BCUT2D eigenvalue weighted by Crippen LogP contribution is 2.34. The van der Waals surface area contributed by atoms with Crippen LogP contribution >= 0.6 is 0 Å². The summed E-state index contributed by atoms with van der Waals surface area (Å²) in [4.78, 5) is 19.2. The second-order valence-corrected chi connectivity index (χ2v) is 6.57. The van der Waals surface area contributed by atoms with Gasteiger partial charge in [0.25, 0.3) is 5.91 Å². The van der Waals surface area contributed by atoms with Crippen LogP contribution in [0.5, 0.6) is 5.75 Å². The van der Waals surface area contributed by atoms with Crippen molar-refractivity contribution in [1.82, 2.24) is 20.1 Å². The molecule has 3 aromatic rings. The van der Waals surface area contributed by atoms with Crippen molar-refractivity contribution in [1.29, 1.82) is 0 Å². The van der Waals surface area contributed by atoms with Crippen molar-refractivity contribution in [2.45, 2.75) is 25.8 Å². The quantitative estimate of drug-likeness (QED) is 0.759. The predicted molar refractivity (Wildman–Crippen MR) is 97.7 cm³/mol. The first kappa shape index (κ1) is 16.3. The molecule has 0 saturated carbocycles. The fourth-order valence-electron chi connectivity index (χ4n) is 3.45. The van der Waals surface area contributed by atoms with Crippen LogP contribution in [0, 0.1) is 6.92 Å². The lowest BCUT2D eigenvalue weighted by atomic mass is 10.0. The number of nitrogens with one attached hydrogen (secondary N) is 1. The molecule has 132 valence electrons. The van der Waals surface area contributed by atoms with E-state index in [-0.39, 0.29) is 17.7 Å². The summed E-state index contributed by atoms with van der Waals surface area (Å²) in [6.45, 7) is 2.59. The number of nitrogens with zero attached hydrogens (tertiary/aromatic N) is 3. The smallest absolute Gasteiger partial charge is 0.254 e. The summed E-state index contributed by atoms with van der Waals surface area (Å²) in [5, 5.41) is 16.4. The van der Waals surface area contributed by atoms with Crippen LogP contribution in [-0.4, -0.2) is 37.6 Å². The second-order valence-electron chi connectivity index (χ2n) is 6.57. The lowest BCUT2D eigenvalue weighted by molar-refractivity contribution is 0.0735. The van der Waals surface area contributed by atoms with Crippen LogP contribution in [0.15, 0.2) is 48.5 Å².